The molecule has 0 saturated heterocycles. The summed E-state index contributed by atoms with van der Waals surface area (Å²) in [6.07, 6.45) is 1.87. The average molecular weight is 416 g/mol. The molecule has 0 unspecified atom stereocenters. The van der Waals surface area contributed by atoms with Crippen molar-refractivity contribution in [2.24, 2.45) is 0 Å². The Labute approximate surface area is 181 Å². The van der Waals surface area contributed by atoms with Gasteiger partial charge in [-0.3, -0.25) is 4.57 Å². The van der Waals surface area contributed by atoms with E-state index in [1.54, 1.807) is 11.8 Å². The summed E-state index contributed by atoms with van der Waals surface area (Å²) in [6.45, 7) is 9.05. The van der Waals surface area contributed by atoms with Gasteiger partial charge in [-0.1, -0.05) is 78.0 Å². The van der Waals surface area contributed by atoms with Crippen LogP contribution in [0.4, 0.5) is 0 Å². The first-order valence-corrected chi connectivity index (χ1v) is 11.0. The van der Waals surface area contributed by atoms with Gasteiger partial charge in [0.1, 0.15) is 12.4 Å². The monoisotopic (exact) mass is 415 g/mol. The van der Waals surface area contributed by atoms with Gasteiger partial charge in [0.15, 0.2) is 11.0 Å². The predicted octanol–water partition coefficient (Wildman–Crippen LogP) is 6.11. The molecule has 0 aliphatic rings. The third kappa shape index (κ3) is 4.41. The number of aromatic nitrogens is 3. The van der Waals surface area contributed by atoms with Crippen molar-refractivity contribution in [3.63, 3.8) is 0 Å². The first-order valence-electron chi connectivity index (χ1n) is 9.98. The fraction of sp³-hybridized carbons (Fsp3) is 0.200. The van der Waals surface area contributed by atoms with Crippen LogP contribution in [0.3, 0.4) is 0 Å². The number of thioether (sulfide) groups is 1. The highest BCUT2D eigenvalue weighted by molar-refractivity contribution is 7.98. The summed E-state index contributed by atoms with van der Waals surface area (Å²) >= 11 is 1.69. The highest BCUT2D eigenvalue weighted by Gasteiger charge is 2.14. The second-order valence-electron chi connectivity index (χ2n) is 7.28. The average Bonchev–Trinajstić information content (AvgIpc) is 3.13. The van der Waals surface area contributed by atoms with Crippen molar-refractivity contribution in [1.82, 2.24) is 14.8 Å². The molecule has 5 heteroatoms. The number of fused-ring (bicyclic) bond motifs is 1. The second-order valence-corrected chi connectivity index (χ2v) is 8.23. The van der Waals surface area contributed by atoms with E-state index in [0.717, 1.165) is 28.0 Å². The van der Waals surface area contributed by atoms with Crippen LogP contribution in [0, 0.1) is 13.8 Å². The largest absolute Gasteiger partial charge is 0.485 e. The van der Waals surface area contributed by atoms with Gasteiger partial charge in [-0.05, 0) is 41.8 Å². The van der Waals surface area contributed by atoms with E-state index in [-0.39, 0.29) is 0 Å². The van der Waals surface area contributed by atoms with Gasteiger partial charge in [0.2, 0.25) is 0 Å². The minimum Gasteiger partial charge on any atom is -0.485 e. The fourth-order valence-electron chi connectivity index (χ4n) is 3.51. The molecule has 3 aromatic carbocycles. The van der Waals surface area contributed by atoms with Gasteiger partial charge in [-0.25, -0.2) is 0 Å². The molecular formula is C25H25N3OS. The van der Waals surface area contributed by atoms with Crippen LogP contribution < -0.4 is 4.74 Å². The zero-order chi connectivity index (χ0) is 20.9. The molecule has 0 atom stereocenters. The molecule has 0 bridgehead atoms. The lowest BCUT2D eigenvalue weighted by Gasteiger charge is -2.11. The maximum absolute atomic E-state index is 6.03. The maximum atomic E-state index is 6.03. The van der Waals surface area contributed by atoms with Crippen molar-refractivity contribution in [2.45, 2.75) is 37.9 Å². The molecule has 1 aromatic heterocycles. The minimum atomic E-state index is 0.375. The number of benzene rings is 3. The van der Waals surface area contributed by atoms with E-state index in [0.29, 0.717) is 13.2 Å². The Bertz CT molecular complexity index is 1180. The number of aryl methyl sites for hydroxylation is 2. The Hall–Kier alpha value is -3.05. The molecule has 0 fully saturated rings. The van der Waals surface area contributed by atoms with Crippen LogP contribution in [0.2, 0.25) is 0 Å². The fourth-order valence-corrected chi connectivity index (χ4v) is 4.48. The molecule has 0 aliphatic heterocycles. The van der Waals surface area contributed by atoms with E-state index >= 15 is 0 Å². The van der Waals surface area contributed by atoms with Crippen LogP contribution in [0.5, 0.6) is 5.75 Å². The van der Waals surface area contributed by atoms with Crippen molar-refractivity contribution in [2.75, 3.05) is 0 Å². The number of hydrogen-bond donors (Lipinski definition) is 0. The molecule has 4 nitrogen and oxygen atoms in total. The molecular weight excluding hydrogens is 390 g/mol. The van der Waals surface area contributed by atoms with E-state index in [1.165, 1.54) is 21.9 Å². The van der Waals surface area contributed by atoms with Crippen molar-refractivity contribution in [1.29, 1.82) is 0 Å². The van der Waals surface area contributed by atoms with Crippen molar-refractivity contribution in [3.05, 3.63) is 95.8 Å². The molecule has 30 heavy (non-hydrogen) atoms. The van der Waals surface area contributed by atoms with Crippen molar-refractivity contribution in [3.8, 4) is 5.75 Å². The molecule has 0 amide bonds. The summed E-state index contributed by atoms with van der Waals surface area (Å²) in [6, 6.07) is 21.1. The van der Waals surface area contributed by atoms with E-state index in [4.69, 9.17) is 4.74 Å². The zero-order valence-corrected chi connectivity index (χ0v) is 18.2. The van der Waals surface area contributed by atoms with Gasteiger partial charge in [0.25, 0.3) is 0 Å². The maximum Gasteiger partial charge on any atom is 0.191 e. The topological polar surface area (TPSA) is 39.9 Å². The second kappa shape index (κ2) is 9.18. The van der Waals surface area contributed by atoms with Gasteiger partial charge in [-0.2, -0.15) is 0 Å². The van der Waals surface area contributed by atoms with Crippen LogP contribution >= 0.6 is 11.8 Å². The number of hydrogen-bond acceptors (Lipinski definition) is 4. The number of rotatable bonds is 8. The van der Waals surface area contributed by atoms with E-state index in [2.05, 4.69) is 89.8 Å². The standard InChI is InChI=1S/C25H25N3OS/c1-4-14-28-24(16-29-23-13-12-18(2)15-19(23)3)26-27-25(28)30-17-21-10-7-9-20-8-5-6-11-22(20)21/h4-13,15H,1,14,16-17H2,2-3H3. The normalized spacial score (nSPS) is 11.0. The number of ether oxygens (including phenoxy) is 1. The van der Waals surface area contributed by atoms with Crippen LogP contribution in [-0.2, 0) is 18.9 Å². The summed E-state index contributed by atoms with van der Waals surface area (Å²) in [5.41, 5.74) is 3.64. The molecule has 152 valence electrons. The van der Waals surface area contributed by atoms with E-state index in [1.807, 2.05) is 12.1 Å². The molecule has 0 spiro atoms. The molecule has 0 radical (unpaired) electrons. The van der Waals surface area contributed by atoms with Crippen LogP contribution in [-0.4, -0.2) is 14.8 Å². The summed E-state index contributed by atoms with van der Waals surface area (Å²) in [7, 11) is 0. The number of nitrogens with zero attached hydrogens (tertiary/aromatic N) is 3. The lowest BCUT2D eigenvalue weighted by atomic mass is 10.1. The van der Waals surface area contributed by atoms with Gasteiger partial charge in [0.05, 0.1) is 0 Å². The Morgan fingerprint density at radius 1 is 1.03 bits per heavy atom. The van der Waals surface area contributed by atoms with Gasteiger partial charge in [0, 0.05) is 12.3 Å². The quantitative estimate of drug-likeness (QED) is 0.257. The van der Waals surface area contributed by atoms with Crippen LogP contribution in [0.25, 0.3) is 10.8 Å². The Kier molecular flexibility index (Phi) is 6.19. The smallest absolute Gasteiger partial charge is 0.191 e. The van der Waals surface area contributed by atoms with Crippen molar-refractivity contribution < 1.29 is 4.74 Å². The Morgan fingerprint density at radius 2 is 1.87 bits per heavy atom. The zero-order valence-electron chi connectivity index (χ0n) is 17.3. The highest BCUT2D eigenvalue weighted by Crippen LogP contribution is 2.27. The van der Waals surface area contributed by atoms with Crippen LogP contribution in [0.1, 0.15) is 22.5 Å². The summed E-state index contributed by atoms with van der Waals surface area (Å²) < 4.78 is 8.11. The number of allylic oxidation sites excluding steroid dienone is 1. The molecule has 1 heterocycles. The van der Waals surface area contributed by atoms with Gasteiger partial charge < -0.3 is 4.74 Å². The predicted molar refractivity (Wildman–Crippen MR) is 124 cm³/mol. The highest BCUT2D eigenvalue weighted by atomic mass is 32.2. The molecule has 0 aliphatic carbocycles. The molecule has 4 rings (SSSR count). The third-order valence-corrected chi connectivity index (χ3v) is 6.04. The summed E-state index contributed by atoms with van der Waals surface area (Å²) in [5, 5.41) is 12.2. The van der Waals surface area contributed by atoms with Crippen LogP contribution in [0.15, 0.2) is 78.5 Å². The van der Waals surface area contributed by atoms with Gasteiger partial charge in [-0.15, -0.1) is 16.8 Å². The minimum absolute atomic E-state index is 0.375. The Balaban J connectivity index is 1.51. The lowest BCUT2D eigenvalue weighted by Crippen LogP contribution is -2.08. The van der Waals surface area contributed by atoms with E-state index < -0.39 is 0 Å². The third-order valence-electron chi connectivity index (χ3n) is 5.03. The first kappa shape index (κ1) is 20.2. The summed E-state index contributed by atoms with van der Waals surface area (Å²) in [5.74, 6) is 2.50. The molecule has 0 saturated carbocycles. The molecule has 0 N–H and O–H groups in total. The van der Waals surface area contributed by atoms with Gasteiger partial charge >= 0.3 is 0 Å². The summed E-state index contributed by atoms with van der Waals surface area (Å²) in [4.78, 5) is 0. The lowest BCUT2D eigenvalue weighted by molar-refractivity contribution is 0.287. The Morgan fingerprint density at radius 3 is 2.70 bits per heavy atom. The first-order chi connectivity index (χ1) is 14.7. The van der Waals surface area contributed by atoms with Crippen molar-refractivity contribution >= 4 is 22.5 Å². The van der Waals surface area contributed by atoms with E-state index in [9.17, 15) is 0 Å². The SMILES string of the molecule is C=CCn1c(COc2ccc(C)cc2C)nnc1SCc1cccc2ccccc12. The molecule has 4 aromatic rings.